The summed E-state index contributed by atoms with van der Waals surface area (Å²) in [5, 5.41) is 12.3. The summed E-state index contributed by atoms with van der Waals surface area (Å²) < 4.78 is 13.1. The minimum atomic E-state index is -0.218. The number of hydrogen-bond acceptors (Lipinski definition) is 6. The molecule has 1 aromatic heterocycles. The molecule has 146 valence electrons. The molecule has 2 aromatic carbocycles. The third kappa shape index (κ3) is 4.43. The molecule has 1 fully saturated rings. The first kappa shape index (κ1) is 18.7. The summed E-state index contributed by atoms with van der Waals surface area (Å²) >= 11 is 0. The second-order valence-corrected chi connectivity index (χ2v) is 6.93. The topological polar surface area (TPSA) is 68.1 Å². The van der Waals surface area contributed by atoms with Crippen molar-refractivity contribution < 1.29 is 4.39 Å². The Balaban J connectivity index is 1.46. The maximum Gasteiger partial charge on any atom is 0.136 e. The number of nitrogens with one attached hydrogen (secondary N) is 1. The monoisotopic (exact) mass is 388 g/mol. The van der Waals surface area contributed by atoms with Gasteiger partial charge >= 0.3 is 0 Å². The van der Waals surface area contributed by atoms with Crippen LogP contribution in [0.5, 0.6) is 0 Å². The summed E-state index contributed by atoms with van der Waals surface area (Å²) in [5.74, 6) is 2.03. The Kier molecular flexibility index (Phi) is 5.25. The van der Waals surface area contributed by atoms with E-state index >= 15 is 0 Å². The molecule has 1 N–H and O–H groups in total. The van der Waals surface area contributed by atoms with Gasteiger partial charge in [-0.3, -0.25) is 0 Å². The van der Waals surface area contributed by atoms with Crippen molar-refractivity contribution in [2.75, 3.05) is 41.3 Å². The van der Waals surface area contributed by atoms with E-state index in [1.54, 1.807) is 12.1 Å². The average molecular weight is 388 g/mol. The lowest BCUT2D eigenvalue weighted by molar-refractivity contribution is 0.624. The Hall–Kier alpha value is -3.66. The molecule has 2 heterocycles. The van der Waals surface area contributed by atoms with Gasteiger partial charge in [-0.25, -0.2) is 14.4 Å². The van der Waals surface area contributed by atoms with E-state index in [-0.39, 0.29) is 5.82 Å². The molecule has 0 radical (unpaired) electrons. The SMILES string of the molecule is Cc1nc(Nc2cccc(C#N)c2)cc(N2CCN(c3ccc(F)cc3)CC2)n1. The number of halogens is 1. The van der Waals surface area contributed by atoms with Gasteiger partial charge in [0.2, 0.25) is 0 Å². The minimum Gasteiger partial charge on any atom is -0.368 e. The lowest BCUT2D eigenvalue weighted by atomic mass is 10.2. The van der Waals surface area contributed by atoms with Gasteiger partial charge < -0.3 is 15.1 Å². The maximum absolute atomic E-state index is 13.1. The van der Waals surface area contributed by atoms with Crippen LogP contribution >= 0.6 is 0 Å². The van der Waals surface area contributed by atoms with Gasteiger partial charge in [0.25, 0.3) is 0 Å². The molecule has 1 saturated heterocycles. The summed E-state index contributed by atoms with van der Waals surface area (Å²) in [5.41, 5.74) is 2.44. The second kappa shape index (κ2) is 8.15. The van der Waals surface area contributed by atoms with Crippen LogP contribution in [0.4, 0.5) is 27.4 Å². The molecule has 6 nitrogen and oxygen atoms in total. The molecule has 0 unspecified atom stereocenters. The van der Waals surface area contributed by atoms with Crippen molar-refractivity contribution in [2.24, 2.45) is 0 Å². The summed E-state index contributed by atoms with van der Waals surface area (Å²) in [6.07, 6.45) is 0. The van der Waals surface area contributed by atoms with Crippen LogP contribution in [0.25, 0.3) is 0 Å². The zero-order chi connectivity index (χ0) is 20.2. The number of aromatic nitrogens is 2. The van der Waals surface area contributed by atoms with Crippen LogP contribution in [0.15, 0.2) is 54.6 Å². The smallest absolute Gasteiger partial charge is 0.136 e. The Morgan fingerprint density at radius 2 is 1.69 bits per heavy atom. The number of nitriles is 1. The van der Waals surface area contributed by atoms with Crippen LogP contribution in [0.1, 0.15) is 11.4 Å². The highest BCUT2D eigenvalue weighted by Crippen LogP contribution is 2.23. The summed E-state index contributed by atoms with van der Waals surface area (Å²) in [4.78, 5) is 13.5. The van der Waals surface area contributed by atoms with E-state index in [1.165, 1.54) is 12.1 Å². The van der Waals surface area contributed by atoms with Crippen molar-refractivity contribution >= 4 is 23.0 Å². The fourth-order valence-corrected chi connectivity index (χ4v) is 3.44. The molecule has 0 atom stereocenters. The Labute approximate surface area is 169 Å². The van der Waals surface area contributed by atoms with Crippen LogP contribution in [-0.2, 0) is 0 Å². The fourth-order valence-electron chi connectivity index (χ4n) is 3.44. The molecule has 7 heteroatoms. The zero-order valence-electron chi connectivity index (χ0n) is 16.1. The normalized spacial score (nSPS) is 13.8. The Morgan fingerprint density at radius 1 is 0.966 bits per heavy atom. The lowest BCUT2D eigenvalue weighted by Crippen LogP contribution is -2.46. The number of piperazine rings is 1. The summed E-state index contributed by atoms with van der Waals surface area (Å²) in [6.45, 7) is 5.17. The molecule has 0 bridgehead atoms. The van der Waals surface area contributed by atoms with Crippen molar-refractivity contribution in [1.29, 1.82) is 5.26 Å². The quantitative estimate of drug-likeness (QED) is 0.732. The fraction of sp³-hybridized carbons (Fsp3) is 0.227. The first-order chi connectivity index (χ1) is 14.1. The molecular formula is C22H21FN6. The molecule has 0 spiro atoms. The van der Waals surface area contributed by atoms with Gasteiger partial charge in [0, 0.05) is 43.6 Å². The van der Waals surface area contributed by atoms with Crippen molar-refractivity contribution in [2.45, 2.75) is 6.92 Å². The molecule has 4 rings (SSSR count). The number of aryl methyl sites for hydroxylation is 1. The second-order valence-electron chi connectivity index (χ2n) is 6.93. The first-order valence-corrected chi connectivity index (χ1v) is 9.49. The molecule has 0 amide bonds. The minimum absolute atomic E-state index is 0.218. The number of benzene rings is 2. The van der Waals surface area contributed by atoms with Gasteiger partial charge in [-0.2, -0.15) is 5.26 Å². The highest BCUT2D eigenvalue weighted by atomic mass is 19.1. The van der Waals surface area contributed by atoms with Gasteiger partial charge in [0.15, 0.2) is 0 Å². The molecule has 29 heavy (non-hydrogen) atoms. The van der Waals surface area contributed by atoms with Crippen molar-refractivity contribution in [3.05, 3.63) is 71.8 Å². The third-order valence-electron chi connectivity index (χ3n) is 4.88. The molecular weight excluding hydrogens is 367 g/mol. The number of hydrogen-bond donors (Lipinski definition) is 1. The highest BCUT2D eigenvalue weighted by molar-refractivity contribution is 5.61. The number of anilines is 4. The lowest BCUT2D eigenvalue weighted by Gasteiger charge is -2.36. The molecule has 3 aromatic rings. The van der Waals surface area contributed by atoms with E-state index in [9.17, 15) is 4.39 Å². The number of nitrogens with zero attached hydrogens (tertiary/aromatic N) is 5. The van der Waals surface area contributed by atoms with E-state index in [1.807, 2.05) is 37.3 Å². The van der Waals surface area contributed by atoms with E-state index < -0.39 is 0 Å². The largest absolute Gasteiger partial charge is 0.368 e. The van der Waals surface area contributed by atoms with E-state index in [4.69, 9.17) is 5.26 Å². The predicted octanol–water partition coefficient (Wildman–Crippen LogP) is 3.87. The van der Waals surface area contributed by atoms with Gasteiger partial charge in [-0.1, -0.05) is 6.07 Å². The van der Waals surface area contributed by atoms with E-state index in [2.05, 4.69) is 31.2 Å². The third-order valence-corrected chi connectivity index (χ3v) is 4.88. The van der Waals surface area contributed by atoms with Crippen LogP contribution in [0, 0.1) is 24.1 Å². The Bertz CT molecular complexity index is 1040. The summed E-state index contributed by atoms with van der Waals surface area (Å²) in [6, 6.07) is 18.0. The van der Waals surface area contributed by atoms with Crippen LogP contribution in [0.3, 0.4) is 0 Å². The first-order valence-electron chi connectivity index (χ1n) is 9.49. The van der Waals surface area contributed by atoms with Crippen molar-refractivity contribution in [3.8, 4) is 6.07 Å². The average Bonchev–Trinajstić information content (AvgIpc) is 2.74. The predicted molar refractivity (Wildman–Crippen MR) is 112 cm³/mol. The van der Waals surface area contributed by atoms with E-state index in [0.29, 0.717) is 17.2 Å². The van der Waals surface area contributed by atoms with Gasteiger partial charge in [-0.15, -0.1) is 0 Å². The summed E-state index contributed by atoms with van der Waals surface area (Å²) in [7, 11) is 0. The van der Waals surface area contributed by atoms with Crippen LogP contribution in [-0.4, -0.2) is 36.1 Å². The molecule has 0 saturated carbocycles. The standard InChI is InChI=1S/C22H21FN6/c1-16-25-21(27-19-4-2-3-17(13-19)15-24)14-22(26-16)29-11-9-28(10-12-29)20-7-5-18(23)6-8-20/h2-8,13-14H,9-12H2,1H3,(H,25,26,27). The maximum atomic E-state index is 13.1. The highest BCUT2D eigenvalue weighted by Gasteiger charge is 2.19. The zero-order valence-corrected chi connectivity index (χ0v) is 16.1. The van der Waals surface area contributed by atoms with Gasteiger partial charge in [0.1, 0.15) is 23.3 Å². The molecule has 0 aliphatic carbocycles. The Morgan fingerprint density at radius 3 is 2.41 bits per heavy atom. The molecule has 1 aliphatic rings. The van der Waals surface area contributed by atoms with E-state index in [0.717, 1.165) is 43.4 Å². The van der Waals surface area contributed by atoms with Gasteiger partial charge in [-0.05, 0) is 49.4 Å². The van der Waals surface area contributed by atoms with Crippen LogP contribution < -0.4 is 15.1 Å². The van der Waals surface area contributed by atoms with Gasteiger partial charge in [0.05, 0.1) is 11.6 Å². The number of rotatable bonds is 4. The van der Waals surface area contributed by atoms with Crippen molar-refractivity contribution in [3.63, 3.8) is 0 Å². The van der Waals surface area contributed by atoms with Crippen LogP contribution in [0.2, 0.25) is 0 Å². The molecule has 1 aliphatic heterocycles. The van der Waals surface area contributed by atoms with Crippen molar-refractivity contribution in [1.82, 2.24) is 9.97 Å².